The number of aryl methyl sites for hydroxylation is 3. The van der Waals surface area contributed by atoms with Crippen LogP contribution in [-0.2, 0) is 6.42 Å². The van der Waals surface area contributed by atoms with Crippen LogP contribution in [0.25, 0.3) is 11.1 Å². The molecule has 0 spiro atoms. The average Bonchev–Trinajstić information content (AvgIpc) is 2.55. The molecule has 0 atom stereocenters. The van der Waals surface area contributed by atoms with Gasteiger partial charge in [0.2, 0.25) is 0 Å². The second kappa shape index (κ2) is 3.18. The highest BCUT2D eigenvalue weighted by Crippen LogP contribution is 2.37. The van der Waals surface area contributed by atoms with E-state index < -0.39 is 0 Å². The number of fused-ring (bicyclic) bond motifs is 3. The smallest absolute Gasteiger partial charge is 0.0375 e. The van der Waals surface area contributed by atoms with E-state index in [4.69, 9.17) is 0 Å². The maximum absolute atomic E-state index is 4.40. The van der Waals surface area contributed by atoms with Crippen LogP contribution in [0.2, 0.25) is 0 Å². The Hall–Kier alpha value is -1.63. The van der Waals surface area contributed by atoms with E-state index in [1.807, 2.05) is 6.20 Å². The quantitative estimate of drug-likeness (QED) is 0.551. The highest BCUT2D eigenvalue weighted by molar-refractivity contribution is 5.77. The van der Waals surface area contributed by atoms with Gasteiger partial charge < -0.3 is 0 Å². The number of pyridine rings is 1. The summed E-state index contributed by atoms with van der Waals surface area (Å²) in [5, 5.41) is 0. The Balaban J connectivity index is 2.25. The van der Waals surface area contributed by atoms with Gasteiger partial charge in [0.15, 0.2) is 0 Å². The molecule has 1 heterocycles. The normalized spacial score (nSPS) is 12.4. The SMILES string of the molecule is Cc1cc2c(cn1)-c1cc(C)c(C)cc1C2. The van der Waals surface area contributed by atoms with Crippen molar-refractivity contribution in [3.05, 3.63) is 52.3 Å². The third kappa shape index (κ3) is 1.28. The van der Waals surface area contributed by atoms with Gasteiger partial charge in [0, 0.05) is 17.5 Å². The zero-order valence-electron chi connectivity index (χ0n) is 9.96. The molecule has 0 saturated carbocycles. The molecule has 1 nitrogen and oxygen atoms in total. The molecule has 0 N–H and O–H groups in total. The molecule has 0 bridgehead atoms. The maximum Gasteiger partial charge on any atom is 0.0375 e. The van der Waals surface area contributed by atoms with E-state index >= 15 is 0 Å². The van der Waals surface area contributed by atoms with Crippen molar-refractivity contribution in [3.63, 3.8) is 0 Å². The summed E-state index contributed by atoms with van der Waals surface area (Å²) < 4.78 is 0. The fourth-order valence-corrected chi connectivity index (χ4v) is 2.48. The van der Waals surface area contributed by atoms with Gasteiger partial charge >= 0.3 is 0 Å². The van der Waals surface area contributed by atoms with Gasteiger partial charge in [0.1, 0.15) is 0 Å². The molecule has 0 unspecified atom stereocenters. The number of hydrogen-bond acceptors (Lipinski definition) is 1. The van der Waals surface area contributed by atoms with Gasteiger partial charge in [0.05, 0.1) is 0 Å². The lowest BCUT2D eigenvalue weighted by Crippen LogP contribution is -1.86. The monoisotopic (exact) mass is 209 g/mol. The Morgan fingerprint density at radius 1 is 0.875 bits per heavy atom. The lowest BCUT2D eigenvalue weighted by molar-refractivity contribution is 1.16. The Labute approximate surface area is 96.2 Å². The zero-order chi connectivity index (χ0) is 11.3. The lowest BCUT2D eigenvalue weighted by atomic mass is 10.0. The van der Waals surface area contributed by atoms with Gasteiger partial charge in [-0.1, -0.05) is 12.1 Å². The minimum atomic E-state index is 1.06. The summed E-state index contributed by atoms with van der Waals surface area (Å²) in [7, 11) is 0. The summed E-state index contributed by atoms with van der Waals surface area (Å²) in [6, 6.07) is 6.83. The largest absolute Gasteiger partial charge is 0.261 e. The molecule has 1 aliphatic rings. The predicted octanol–water partition coefficient (Wildman–Crippen LogP) is 3.58. The van der Waals surface area contributed by atoms with Crippen LogP contribution in [0.5, 0.6) is 0 Å². The molecule has 1 aliphatic carbocycles. The van der Waals surface area contributed by atoms with Crippen LogP contribution in [-0.4, -0.2) is 4.98 Å². The van der Waals surface area contributed by atoms with E-state index in [0.717, 1.165) is 12.1 Å². The Morgan fingerprint density at radius 3 is 2.38 bits per heavy atom. The molecule has 2 aromatic rings. The van der Waals surface area contributed by atoms with Gasteiger partial charge in [-0.2, -0.15) is 0 Å². The summed E-state index contributed by atoms with van der Waals surface area (Å²) >= 11 is 0. The van der Waals surface area contributed by atoms with Gasteiger partial charge in [-0.25, -0.2) is 0 Å². The molecular formula is C15H15N. The zero-order valence-corrected chi connectivity index (χ0v) is 9.96. The van der Waals surface area contributed by atoms with Crippen LogP contribution in [0, 0.1) is 20.8 Å². The van der Waals surface area contributed by atoms with Crippen LogP contribution in [0.3, 0.4) is 0 Å². The first kappa shape index (κ1) is 9.59. The Bertz CT molecular complexity index is 582. The van der Waals surface area contributed by atoms with Gasteiger partial charge in [-0.15, -0.1) is 0 Å². The van der Waals surface area contributed by atoms with E-state index in [0.29, 0.717) is 0 Å². The maximum atomic E-state index is 4.40. The second-order valence-electron chi connectivity index (χ2n) is 4.75. The minimum Gasteiger partial charge on any atom is -0.261 e. The highest BCUT2D eigenvalue weighted by atomic mass is 14.7. The van der Waals surface area contributed by atoms with Gasteiger partial charge in [0.25, 0.3) is 0 Å². The molecule has 3 rings (SSSR count). The molecule has 0 fully saturated rings. The van der Waals surface area contributed by atoms with Crippen molar-refractivity contribution >= 4 is 0 Å². The second-order valence-corrected chi connectivity index (χ2v) is 4.75. The van der Waals surface area contributed by atoms with Crippen LogP contribution >= 0.6 is 0 Å². The summed E-state index contributed by atoms with van der Waals surface area (Å²) in [5.41, 5.74) is 9.44. The van der Waals surface area contributed by atoms with Gasteiger partial charge in [-0.05, 0) is 61.1 Å². The van der Waals surface area contributed by atoms with E-state index in [2.05, 4.69) is 44.0 Å². The summed E-state index contributed by atoms with van der Waals surface area (Å²) in [4.78, 5) is 4.40. The van der Waals surface area contributed by atoms with Crippen molar-refractivity contribution < 1.29 is 0 Å². The molecular weight excluding hydrogens is 194 g/mol. The molecule has 1 heteroatoms. The van der Waals surface area contributed by atoms with Gasteiger partial charge in [-0.3, -0.25) is 4.98 Å². The lowest BCUT2D eigenvalue weighted by Gasteiger charge is -2.05. The first-order valence-corrected chi connectivity index (χ1v) is 5.71. The Kier molecular flexibility index (Phi) is 1.90. The molecule has 0 amide bonds. The average molecular weight is 209 g/mol. The van der Waals surface area contributed by atoms with Crippen molar-refractivity contribution in [2.24, 2.45) is 0 Å². The fourth-order valence-electron chi connectivity index (χ4n) is 2.48. The molecule has 0 radical (unpaired) electrons. The Morgan fingerprint density at radius 2 is 1.56 bits per heavy atom. The van der Waals surface area contributed by atoms with Crippen LogP contribution in [0.15, 0.2) is 24.4 Å². The third-order valence-electron chi connectivity index (χ3n) is 3.52. The minimum absolute atomic E-state index is 1.06. The number of aromatic nitrogens is 1. The standard InChI is InChI=1S/C15H15N/c1-9-4-12-7-13-6-11(3)16-8-15(13)14(12)5-10(9)2/h4-6,8H,7H2,1-3H3. The van der Waals surface area contributed by atoms with Crippen molar-refractivity contribution in [2.75, 3.05) is 0 Å². The number of hydrogen-bond donors (Lipinski definition) is 0. The predicted molar refractivity (Wildman–Crippen MR) is 66.7 cm³/mol. The molecule has 1 aromatic carbocycles. The molecule has 16 heavy (non-hydrogen) atoms. The van der Waals surface area contributed by atoms with E-state index in [-0.39, 0.29) is 0 Å². The van der Waals surface area contributed by atoms with E-state index in [1.165, 1.54) is 33.4 Å². The third-order valence-corrected chi connectivity index (χ3v) is 3.52. The highest BCUT2D eigenvalue weighted by Gasteiger charge is 2.19. The first-order chi connectivity index (χ1) is 7.65. The summed E-state index contributed by atoms with van der Waals surface area (Å²) in [6.45, 7) is 6.41. The van der Waals surface area contributed by atoms with Crippen molar-refractivity contribution in [1.82, 2.24) is 4.98 Å². The van der Waals surface area contributed by atoms with E-state index in [9.17, 15) is 0 Å². The molecule has 0 saturated heterocycles. The number of rotatable bonds is 0. The topological polar surface area (TPSA) is 12.9 Å². The van der Waals surface area contributed by atoms with Crippen LogP contribution in [0.4, 0.5) is 0 Å². The molecule has 1 aromatic heterocycles. The van der Waals surface area contributed by atoms with Crippen LogP contribution < -0.4 is 0 Å². The number of nitrogens with zero attached hydrogens (tertiary/aromatic N) is 1. The van der Waals surface area contributed by atoms with E-state index in [1.54, 1.807) is 0 Å². The summed E-state index contributed by atoms with van der Waals surface area (Å²) in [6.07, 6.45) is 3.08. The first-order valence-electron chi connectivity index (χ1n) is 5.71. The van der Waals surface area contributed by atoms with Crippen molar-refractivity contribution in [3.8, 4) is 11.1 Å². The fraction of sp³-hybridized carbons (Fsp3) is 0.267. The van der Waals surface area contributed by atoms with Crippen molar-refractivity contribution in [1.29, 1.82) is 0 Å². The summed E-state index contributed by atoms with van der Waals surface area (Å²) in [5.74, 6) is 0. The molecule has 80 valence electrons. The van der Waals surface area contributed by atoms with Crippen LogP contribution in [0.1, 0.15) is 27.9 Å². The number of benzene rings is 1. The molecule has 0 aliphatic heterocycles. The van der Waals surface area contributed by atoms with Crippen molar-refractivity contribution in [2.45, 2.75) is 27.2 Å².